The van der Waals surface area contributed by atoms with Crippen LogP contribution in [0.2, 0.25) is 0 Å². The Morgan fingerprint density at radius 2 is 1.91 bits per heavy atom. The zero-order valence-electron chi connectivity index (χ0n) is 7.89. The van der Waals surface area contributed by atoms with Gasteiger partial charge in [0.2, 0.25) is 0 Å². The van der Waals surface area contributed by atoms with Gasteiger partial charge in [-0.1, -0.05) is 13.8 Å². The van der Waals surface area contributed by atoms with E-state index in [9.17, 15) is 0 Å². The summed E-state index contributed by atoms with van der Waals surface area (Å²) in [6.45, 7) is 8.37. The second kappa shape index (κ2) is 5.13. The molecule has 0 unspecified atom stereocenters. The predicted molar refractivity (Wildman–Crippen MR) is 49.3 cm³/mol. The summed E-state index contributed by atoms with van der Waals surface area (Å²) in [6, 6.07) is 0.319. The van der Waals surface area contributed by atoms with Crippen molar-refractivity contribution in [1.29, 1.82) is 0 Å². The molecule has 0 aliphatic rings. The fourth-order valence-electron chi connectivity index (χ4n) is 0.847. The average Bonchev–Trinajstić information content (AvgIpc) is 1.84. The van der Waals surface area contributed by atoms with Crippen LogP contribution in [0.15, 0.2) is 4.99 Å². The molecule has 0 rings (SSSR count). The number of nitrogens with two attached hydrogens (primary N) is 1. The van der Waals surface area contributed by atoms with E-state index < -0.39 is 0 Å². The lowest BCUT2D eigenvalue weighted by molar-refractivity contribution is 0.661. The molecule has 0 radical (unpaired) electrons. The lowest BCUT2D eigenvalue weighted by Crippen LogP contribution is -2.32. The summed E-state index contributed by atoms with van der Waals surface area (Å²) in [5.74, 6) is 6.79. The first-order valence-corrected chi connectivity index (χ1v) is 4.09. The molecule has 0 saturated heterocycles. The Balaban J connectivity index is 3.94. The van der Waals surface area contributed by atoms with Crippen LogP contribution in [-0.2, 0) is 0 Å². The van der Waals surface area contributed by atoms with E-state index in [0.717, 1.165) is 12.3 Å². The minimum atomic E-state index is 0.319. The fourth-order valence-corrected chi connectivity index (χ4v) is 0.847. The van der Waals surface area contributed by atoms with E-state index >= 15 is 0 Å². The van der Waals surface area contributed by atoms with Crippen molar-refractivity contribution in [3.63, 3.8) is 0 Å². The maximum Gasteiger partial charge on any atom is 0.111 e. The van der Waals surface area contributed by atoms with Gasteiger partial charge in [0.1, 0.15) is 5.84 Å². The van der Waals surface area contributed by atoms with E-state index in [4.69, 9.17) is 5.84 Å². The van der Waals surface area contributed by atoms with E-state index in [1.807, 2.05) is 13.8 Å². The number of hydrogen-bond acceptors (Lipinski definition) is 2. The average molecular weight is 157 g/mol. The van der Waals surface area contributed by atoms with E-state index in [1.54, 1.807) is 0 Å². The molecule has 0 aromatic heterocycles. The largest absolute Gasteiger partial charge is 0.312 e. The lowest BCUT2D eigenvalue weighted by atomic mass is 10.1. The molecule has 0 saturated carbocycles. The van der Waals surface area contributed by atoms with E-state index in [2.05, 4.69) is 24.3 Å². The molecule has 0 aliphatic carbocycles. The summed E-state index contributed by atoms with van der Waals surface area (Å²) in [6.07, 6.45) is 0.925. The highest BCUT2D eigenvalue weighted by Gasteiger charge is 2.00. The topological polar surface area (TPSA) is 50.4 Å². The van der Waals surface area contributed by atoms with Gasteiger partial charge in [-0.2, -0.15) is 0 Å². The SMILES string of the molecule is CC(C)CC(=NC(C)C)NN. The Bertz CT molecular complexity index is 127. The molecule has 0 fully saturated rings. The van der Waals surface area contributed by atoms with Crippen LogP contribution in [0.5, 0.6) is 0 Å². The van der Waals surface area contributed by atoms with Crippen LogP contribution in [0.3, 0.4) is 0 Å². The molecule has 0 heterocycles. The molecule has 0 spiro atoms. The van der Waals surface area contributed by atoms with Crippen molar-refractivity contribution >= 4 is 5.84 Å². The molecule has 0 aromatic carbocycles. The third-order valence-corrected chi connectivity index (χ3v) is 1.18. The normalized spacial score (nSPS) is 12.8. The smallest absolute Gasteiger partial charge is 0.111 e. The van der Waals surface area contributed by atoms with Crippen molar-refractivity contribution in [1.82, 2.24) is 5.43 Å². The number of rotatable bonds is 3. The van der Waals surface area contributed by atoms with Crippen molar-refractivity contribution in [3.05, 3.63) is 0 Å². The van der Waals surface area contributed by atoms with Crippen LogP contribution < -0.4 is 11.3 Å². The summed E-state index contributed by atoms with van der Waals surface area (Å²) >= 11 is 0. The number of hydrazine groups is 1. The summed E-state index contributed by atoms with van der Waals surface area (Å²) in [4.78, 5) is 4.32. The van der Waals surface area contributed by atoms with Crippen LogP contribution in [-0.4, -0.2) is 11.9 Å². The van der Waals surface area contributed by atoms with Crippen LogP contribution in [0.25, 0.3) is 0 Å². The summed E-state index contributed by atoms with van der Waals surface area (Å²) in [5, 5.41) is 0. The molecule has 0 aliphatic heterocycles. The van der Waals surface area contributed by atoms with Crippen LogP contribution in [0.1, 0.15) is 34.1 Å². The second-order valence-corrected chi connectivity index (χ2v) is 3.41. The van der Waals surface area contributed by atoms with Crippen LogP contribution in [0.4, 0.5) is 0 Å². The Kier molecular flexibility index (Phi) is 4.86. The zero-order chi connectivity index (χ0) is 8.85. The number of nitrogens with zero attached hydrogens (tertiary/aromatic N) is 1. The van der Waals surface area contributed by atoms with Gasteiger partial charge >= 0.3 is 0 Å². The van der Waals surface area contributed by atoms with E-state index in [1.165, 1.54) is 0 Å². The summed E-state index contributed by atoms with van der Waals surface area (Å²) < 4.78 is 0. The highest BCUT2D eigenvalue weighted by Crippen LogP contribution is 2.00. The number of nitrogens with one attached hydrogen (secondary N) is 1. The van der Waals surface area contributed by atoms with Gasteiger partial charge in [0.15, 0.2) is 0 Å². The number of amidine groups is 1. The van der Waals surface area contributed by atoms with Gasteiger partial charge in [-0.05, 0) is 19.8 Å². The van der Waals surface area contributed by atoms with Gasteiger partial charge in [-0.15, -0.1) is 0 Å². The van der Waals surface area contributed by atoms with Crippen molar-refractivity contribution < 1.29 is 0 Å². The van der Waals surface area contributed by atoms with Crippen molar-refractivity contribution in [3.8, 4) is 0 Å². The zero-order valence-corrected chi connectivity index (χ0v) is 7.89. The lowest BCUT2D eigenvalue weighted by Gasteiger charge is -2.09. The molecule has 3 nitrogen and oxygen atoms in total. The first kappa shape index (κ1) is 10.4. The monoisotopic (exact) mass is 157 g/mol. The maximum absolute atomic E-state index is 5.29. The van der Waals surface area contributed by atoms with Gasteiger partial charge in [0.05, 0.1) is 0 Å². The minimum Gasteiger partial charge on any atom is -0.312 e. The molecule has 0 aromatic rings. The molecule has 0 bridgehead atoms. The molecular weight excluding hydrogens is 138 g/mol. The van der Waals surface area contributed by atoms with E-state index in [0.29, 0.717) is 12.0 Å². The highest BCUT2D eigenvalue weighted by atomic mass is 15.2. The van der Waals surface area contributed by atoms with Crippen LogP contribution in [0, 0.1) is 5.92 Å². The standard InChI is InChI=1S/C8H19N3/c1-6(2)5-8(11-9)10-7(3)4/h6-7H,5,9H2,1-4H3,(H,10,11). The molecular formula is C8H19N3. The number of aliphatic imine (C=N–C) groups is 1. The van der Waals surface area contributed by atoms with Gasteiger partial charge in [-0.25, -0.2) is 5.84 Å². The summed E-state index contributed by atoms with van der Waals surface area (Å²) in [5.41, 5.74) is 2.61. The molecule has 0 atom stereocenters. The molecule has 3 N–H and O–H groups in total. The first-order chi connectivity index (χ1) is 5.06. The second-order valence-electron chi connectivity index (χ2n) is 3.41. The highest BCUT2D eigenvalue weighted by molar-refractivity contribution is 5.81. The molecule has 11 heavy (non-hydrogen) atoms. The quantitative estimate of drug-likeness (QED) is 0.281. The Morgan fingerprint density at radius 3 is 2.18 bits per heavy atom. The Morgan fingerprint density at radius 1 is 1.36 bits per heavy atom. The third kappa shape index (κ3) is 5.85. The Labute approximate surface area is 69.0 Å². The Hall–Kier alpha value is -0.570. The number of hydrogen-bond donors (Lipinski definition) is 2. The third-order valence-electron chi connectivity index (χ3n) is 1.18. The van der Waals surface area contributed by atoms with Crippen molar-refractivity contribution in [2.24, 2.45) is 16.8 Å². The van der Waals surface area contributed by atoms with Gasteiger partial charge < -0.3 is 5.43 Å². The van der Waals surface area contributed by atoms with Gasteiger partial charge in [0.25, 0.3) is 0 Å². The van der Waals surface area contributed by atoms with Gasteiger partial charge in [0, 0.05) is 12.5 Å². The predicted octanol–water partition coefficient (Wildman–Crippen LogP) is 1.30. The van der Waals surface area contributed by atoms with E-state index in [-0.39, 0.29) is 0 Å². The summed E-state index contributed by atoms with van der Waals surface area (Å²) in [7, 11) is 0. The van der Waals surface area contributed by atoms with Gasteiger partial charge in [-0.3, -0.25) is 4.99 Å². The minimum absolute atomic E-state index is 0.319. The fraction of sp³-hybridized carbons (Fsp3) is 0.875. The molecule has 0 amide bonds. The molecule has 66 valence electrons. The van der Waals surface area contributed by atoms with Crippen molar-refractivity contribution in [2.45, 2.75) is 40.2 Å². The maximum atomic E-state index is 5.29. The van der Waals surface area contributed by atoms with Crippen LogP contribution >= 0.6 is 0 Å². The van der Waals surface area contributed by atoms with Crippen molar-refractivity contribution in [2.75, 3.05) is 0 Å². The molecule has 3 heteroatoms. The first-order valence-electron chi connectivity index (χ1n) is 4.09.